The SMILES string of the molecule is O=C(COc1ccc(Br)cc1)Nc1cccc(NC(=O)c2cccs2)c1. The Hall–Kier alpha value is -2.64. The van der Waals surface area contributed by atoms with Gasteiger partial charge in [0.2, 0.25) is 0 Å². The Bertz CT molecular complexity index is 895. The van der Waals surface area contributed by atoms with Gasteiger partial charge < -0.3 is 15.4 Å². The number of benzene rings is 2. The molecule has 1 aromatic heterocycles. The summed E-state index contributed by atoms with van der Waals surface area (Å²) in [5.41, 5.74) is 1.19. The highest BCUT2D eigenvalue weighted by Crippen LogP contribution is 2.18. The summed E-state index contributed by atoms with van der Waals surface area (Å²) >= 11 is 4.71. The molecule has 0 saturated heterocycles. The zero-order chi connectivity index (χ0) is 18.4. The molecular formula is C19H15BrN2O3S. The number of amides is 2. The summed E-state index contributed by atoms with van der Waals surface area (Å²) in [5.74, 6) is 0.150. The zero-order valence-corrected chi connectivity index (χ0v) is 16.0. The first-order valence-corrected chi connectivity index (χ1v) is 9.40. The summed E-state index contributed by atoms with van der Waals surface area (Å²) < 4.78 is 6.38. The maximum atomic E-state index is 12.1. The maximum Gasteiger partial charge on any atom is 0.265 e. The molecule has 0 atom stereocenters. The van der Waals surface area contributed by atoms with Gasteiger partial charge in [0, 0.05) is 15.8 Å². The lowest BCUT2D eigenvalue weighted by Gasteiger charge is -2.09. The Morgan fingerprint density at radius 3 is 2.38 bits per heavy atom. The molecule has 3 aromatic rings. The second kappa shape index (κ2) is 8.64. The first-order chi connectivity index (χ1) is 12.6. The Balaban J connectivity index is 1.55. The number of ether oxygens (including phenoxy) is 1. The normalized spacial score (nSPS) is 10.2. The second-order valence-corrected chi connectivity index (χ2v) is 7.17. The van der Waals surface area contributed by atoms with Gasteiger partial charge in [0.25, 0.3) is 11.8 Å². The van der Waals surface area contributed by atoms with Crippen LogP contribution in [0.5, 0.6) is 5.75 Å². The standard InChI is InChI=1S/C19H15BrN2O3S/c20-13-6-8-16(9-7-13)25-12-18(23)21-14-3-1-4-15(11-14)22-19(24)17-5-2-10-26-17/h1-11H,12H2,(H,21,23)(H,22,24). The fraction of sp³-hybridized carbons (Fsp3) is 0.0526. The van der Waals surface area contributed by atoms with Crippen molar-refractivity contribution in [3.63, 3.8) is 0 Å². The van der Waals surface area contributed by atoms with Gasteiger partial charge >= 0.3 is 0 Å². The Labute approximate surface area is 163 Å². The molecule has 26 heavy (non-hydrogen) atoms. The largest absolute Gasteiger partial charge is 0.484 e. The van der Waals surface area contributed by atoms with Gasteiger partial charge in [0.05, 0.1) is 4.88 Å². The first-order valence-electron chi connectivity index (χ1n) is 7.73. The molecule has 0 unspecified atom stereocenters. The van der Waals surface area contributed by atoms with Crippen LogP contribution in [0.4, 0.5) is 11.4 Å². The summed E-state index contributed by atoms with van der Waals surface area (Å²) in [5, 5.41) is 7.40. The zero-order valence-electron chi connectivity index (χ0n) is 13.6. The molecule has 0 aliphatic carbocycles. The minimum Gasteiger partial charge on any atom is -0.484 e. The van der Waals surface area contributed by atoms with Gasteiger partial charge in [0.1, 0.15) is 5.75 Å². The Morgan fingerprint density at radius 2 is 1.69 bits per heavy atom. The summed E-state index contributed by atoms with van der Waals surface area (Å²) in [6.45, 7) is -0.104. The van der Waals surface area contributed by atoms with Crippen LogP contribution in [-0.2, 0) is 4.79 Å². The fourth-order valence-corrected chi connectivity index (χ4v) is 3.04. The second-order valence-electron chi connectivity index (χ2n) is 5.30. The van der Waals surface area contributed by atoms with E-state index in [9.17, 15) is 9.59 Å². The monoisotopic (exact) mass is 430 g/mol. The van der Waals surface area contributed by atoms with Gasteiger partial charge in [-0.1, -0.05) is 28.1 Å². The van der Waals surface area contributed by atoms with Crippen molar-refractivity contribution in [1.29, 1.82) is 0 Å². The van der Waals surface area contributed by atoms with Crippen molar-refractivity contribution in [1.82, 2.24) is 0 Å². The van der Waals surface area contributed by atoms with Crippen LogP contribution in [0.25, 0.3) is 0 Å². The number of hydrogen-bond acceptors (Lipinski definition) is 4. The number of halogens is 1. The third-order valence-electron chi connectivity index (χ3n) is 3.33. The number of rotatable bonds is 6. The lowest BCUT2D eigenvalue weighted by Crippen LogP contribution is -2.20. The highest BCUT2D eigenvalue weighted by Gasteiger charge is 2.08. The molecule has 0 spiro atoms. The Morgan fingerprint density at radius 1 is 0.962 bits per heavy atom. The molecule has 0 saturated carbocycles. The van der Waals surface area contributed by atoms with Crippen molar-refractivity contribution in [2.45, 2.75) is 0 Å². The van der Waals surface area contributed by atoms with E-state index in [0.717, 1.165) is 4.47 Å². The van der Waals surface area contributed by atoms with Gasteiger partial charge in [-0.2, -0.15) is 0 Å². The predicted octanol–water partition coefficient (Wildman–Crippen LogP) is 4.78. The van der Waals surface area contributed by atoms with Crippen molar-refractivity contribution in [3.05, 3.63) is 75.4 Å². The van der Waals surface area contributed by atoms with Crippen molar-refractivity contribution >= 4 is 50.5 Å². The quantitative estimate of drug-likeness (QED) is 0.590. The van der Waals surface area contributed by atoms with Gasteiger partial charge in [-0.05, 0) is 53.9 Å². The summed E-state index contributed by atoms with van der Waals surface area (Å²) in [4.78, 5) is 24.7. The van der Waals surface area contributed by atoms with Crippen LogP contribution in [-0.4, -0.2) is 18.4 Å². The molecule has 0 bridgehead atoms. The lowest BCUT2D eigenvalue weighted by atomic mass is 10.2. The topological polar surface area (TPSA) is 67.4 Å². The van der Waals surface area contributed by atoms with Crippen molar-refractivity contribution in [3.8, 4) is 5.75 Å². The van der Waals surface area contributed by atoms with Crippen LogP contribution in [0, 0.1) is 0 Å². The molecule has 1 heterocycles. The average Bonchev–Trinajstić information content (AvgIpc) is 3.16. The molecule has 5 nitrogen and oxygen atoms in total. The molecule has 2 amide bonds. The number of carbonyl (C=O) groups is 2. The van der Waals surface area contributed by atoms with E-state index in [-0.39, 0.29) is 18.4 Å². The minimum atomic E-state index is -0.283. The number of anilines is 2. The van der Waals surface area contributed by atoms with E-state index in [4.69, 9.17) is 4.74 Å². The van der Waals surface area contributed by atoms with E-state index in [1.165, 1.54) is 11.3 Å². The number of carbonyl (C=O) groups excluding carboxylic acids is 2. The Kier molecular flexibility index (Phi) is 6.04. The van der Waals surface area contributed by atoms with Crippen molar-refractivity contribution < 1.29 is 14.3 Å². The fourth-order valence-electron chi connectivity index (χ4n) is 2.15. The lowest BCUT2D eigenvalue weighted by molar-refractivity contribution is -0.118. The van der Waals surface area contributed by atoms with Gasteiger partial charge in [-0.25, -0.2) is 0 Å². The highest BCUT2D eigenvalue weighted by molar-refractivity contribution is 9.10. The summed E-state index contributed by atoms with van der Waals surface area (Å²) in [6.07, 6.45) is 0. The number of nitrogens with one attached hydrogen (secondary N) is 2. The van der Waals surface area contributed by atoms with E-state index in [1.807, 2.05) is 23.6 Å². The van der Waals surface area contributed by atoms with Crippen molar-refractivity contribution in [2.75, 3.05) is 17.2 Å². The van der Waals surface area contributed by atoms with Gasteiger partial charge in [-0.15, -0.1) is 11.3 Å². The van der Waals surface area contributed by atoms with E-state index in [1.54, 1.807) is 42.5 Å². The van der Waals surface area contributed by atoms with Crippen LogP contribution in [0.3, 0.4) is 0 Å². The number of thiophene rings is 1. The van der Waals surface area contributed by atoms with Gasteiger partial charge in [0.15, 0.2) is 6.61 Å². The van der Waals surface area contributed by atoms with E-state index in [2.05, 4.69) is 26.6 Å². The van der Waals surface area contributed by atoms with Crippen LogP contribution in [0.1, 0.15) is 9.67 Å². The maximum absolute atomic E-state index is 12.1. The molecule has 2 aromatic carbocycles. The molecule has 0 aliphatic heterocycles. The van der Waals surface area contributed by atoms with Crippen LogP contribution >= 0.6 is 27.3 Å². The summed E-state index contributed by atoms with van der Waals surface area (Å²) in [7, 11) is 0. The smallest absolute Gasteiger partial charge is 0.265 e. The molecule has 132 valence electrons. The average molecular weight is 431 g/mol. The summed E-state index contributed by atoms with van der Waals surface area (Å²) in [6, 6.07) is 17.8. The third kappa shape index (κ3) is 5.18. The predicted molar refractivity (Wildman–Crippen MR) is 107 cm³/mol. The third-order valence-corrected chi connectivity index (χ3v) is 4.73. The minimum absolute atomic E-state index is 0.104. The van der Waals surface area contributed by atoms with Crippen LogP contribution < -0.4 is 15.4 Å². The van der Waals surface area contributed by atoms with Crippen LogP contribution in [0.15, 0.2) is 70.5 Å². The van der Waals surface area contributed by atoms with E-state index >= 15 is 0 Å². The molecule has 2 N–H and O–H groups in total. The molecule has 3 rings (SSSR count). The van der Waals surface area contributed by atoms with Gasteiger partial charge in [-0.3, -0.25) is 9.59 Å². The van der Waals surface area contributed by atoms with E-state index in [0.29, 0.717) is 22.0 Å². The van der Waals surface area contributed by atoms with Crippen LogP contribution in [0.2, 0.25) is 0 Å². The number of hydrogen-bond donors (Lipinski definition) is 2. The first kappa shape index (κ1) is 18.2. The highest BCUT2D eigenvalue weighted by atomic mass is 79.9. The molecule has 0 fully saturated rings. The molecule has 0 aliphatic rings. The molecular weight excluding hydrogens is 416 g/mol. The molecule has 0 radical (unpaired) electrons. The molecule has 7 heteroatoms. The van der Waals surface area contributed by atoms with E-state index < -0.39 is 0 Å². The van der Waals surface area contributed by atoms with Crippen molar-refractivity contribution in [2.24, 2.45) is 0 Å².